The molecular formula is C15H11NO4. The normalized spacial score (nSPS) is 10.7. The number of fused-ring (bicyclic) bond motifs is 1. The predicted molar refractivity (Wildman–Crippen MR) is 72.2 cm³/mol. The molecule has 1 aromatic carbocycles. The highest BCUT2D eigenvalue weighted by atomic mass is 16.5. The zero-order chi connectivity index (χ0) is 14.1. The first-order valence-electron chi connectivity index (χ1n) is 6.00. The molecule has 5 heteroatoms. The molecule has 0 aliphatic heterocycles. The van der Waals surface area contributed by atoms with Crippen molar-refractivity contribution in [2.75, 3.05) is 0 Å². The third-order valence-corrected chi connectivity index (χ3v) is 3.06. The molecule has 2 heterocycles. The fraction of sp³-hybridized carbons (Fsp3) is 0.0667. The molecule has 0 saturated heterocycles. The maximum atomic E-state index is 11.1. The Morgan fingerprint density at radius 1 is 1.30 bits per heavy atom. The maximum absolute atomic E-state index is 11.1. The Balaban J connectivity index is 2.05. The summed E-state index contributed by atoms with van der Waals surface area (Å²) in [6.07, 6.45) is 3.14. The Bertz CT molecular complexity index is 791. The average Bonchev–Trinajstić information content (AvgIpc) is 2.90. The van der Waals surface area contributed by atoms with Crippen molar-refractivity contribution in [1.29, 1.82) is 0 Å². The van der Waals surface area contributed by atoms with Gasteiger partial charge in [0, 0.05) is 11.8 Å². The van der Waals surface area contributed by atoms with Gasteiger partial charge in [0.2, 0.25) is 5.88 Å². The van der Waals surface area contributed by atoms with E-state index in [9.17, 15) is 4.79 Å². The Hall–Kier alpha value is -2.82. The number of ether oxygens (including phenoxy) is 1. The van der Waals surface area contributed by atoms with Crippen LogP contribution in [-0.2, 0) is 0 Å². The van der Waals surface area contributed by atoms with Crippen LogP contribution in [0.1, 0.15) is 15.9 Å². The van der Waals surface area contributed by atoms with Crippen LogP contribution in [0, 0.1) is 6.92 Å². The Morgan fingerprint density at radius 2 is 2.15 bits per heavy atom. The molecule has 0 amide bonds. The molecule has 0 atom stereocenters. The smallest absolute Gasteiger partial charge is 0.336 e. The second-order valence-corrected chi connectivity index (χ2v) is 4.28. The number of hydrogen-bond acceptors (Lipinski definition) is 4. The summed E-state index contributed by atoms with van der Waals surface area (Å²) >= 11 is 0. The third-order valence-electron chi connectivity index (χ3n) is 3.06. The third kappa shape index (κ3) is 1.99. The number of carbonyl (C=O) groups is 1. The van der Waals surface area contributed by atoms with Crippen LogP contribution < -0.4 is 4.74 Å². The Kier molecular flexibility index (Phi) is 2.87. The molecular weight excluding hydrogens is 258 g/mol. The number of carboxylic acids is 1. The van der Waals surface area contributed by atoms with E-state index < -0.39 is 5.97 Å². The lowest BCUT2D eigenvalue weighted by atomic mass is 10.1. The highest BCUT2D eigenvalue weighted by Crippen LogP contribution is 2.31. The van der Waals surface area contributed by atoms with E-state index in [-0.39, 0.29) is 5.56 Å². The Labute approximate surface area is 114 Å². The van der Waals surface area contributed by atoms with E-state index in [1.165, 1.54) is 6.07 Å². The molecule has 0 radical (unpaired) electrons. The molecule has 0 fully saturated rings. The second kappa shape index (κ2) is 4.70. The summed E-state index contributed by atoms with van der Waals surface area (Å²) < 4.78 is 11.0. The molecule has 20 heavy (non-hydrogen) atoms. The summed E-state index contributed by atoms with van der Waals surface area (Å²) in [6, 6.07) is 8.39. The first-order chi connectivity index (χ1) is 9.66. The molecule has 1 N–H and O–H groups in total. The fourth-order valence-electron chi connectivity index (χ4n) is 2.01. The monoisotopic (exact) mass is 269 g/mol. The molecule has 0 saturated carbocycles. The number of carboxylic acid groups (broad SMARTS) is 1. The molecule has 2 aromatic heterocycles. The van der Waals surface area contributed by atoms with Crippen LogP contribution in [0.2, 0.25) is 0 Å². The molecule has 0 bridgehead atoms. The van der Waals surface area contributed by atoms with Crippen LogP contribution in [0.4, 0.5) is 0 Å². The lowest BCUT2D eigenvalue weighted by molar-refractivity contribution is 0.0695. The van der Waals surface area contributed by atoms with Gasteiger partial charge < -0.3 is 14.3 Å². The van der Waals surface area contributed by atoms with Gasteiger partial charge in [0.25, 0.3) is 0 Å². The summed E-state index contributed by atoms with van der Waals surface area (Å²) in [6.45, 7) is 1.70. The van der Waals surface area contributed by atoms with E-state index in [0.717, 1.165) is 5.39 Å². The number of furan rings is 1. The lowest BCUT2D eigenvalue weighted by Gasteiger charge is -2.10. The minimum atomic E-state index is -0.984. The molecule has 0 spiro atoms. The van der Waals surface area contributed by atoms with Gasteiger partial charge in [-0.05, 0) is 31.2 Å². The Morgan fingerprint density at radius 3 is 2.95 bits per heavy atom. The SMILES string of the molecule is Cc1c(Oc2nccc3occc23)cccc1C(=O)O. The van der Waals surface area contributed by atoms with E-state index >= 15 is 0 Å². The van der Waals surface area contributed by atoms with Gasteiger partial charge in [0.15, 0.2) is 0 Å². The first kappa shape index (κ1) is 12.2. The second-order valence-electron chi connectivity index (χ2n) is 4.28. The molecule has 0 unspecified atom stereocenters. The van der Waals surface area contributed by atoms with Gasteiger partial charge in [-0.25, -0.2) is 9.78 Å². The van der Waals surface area contributed by atoms with E-state index in [0.29, 0.717) is 22.8 Å². The van der Waals surface area contributed by atoms with Crippen molar-refractivity contribution in [1.82, 2.24) is 4.98 Å². The quantitative estimate of drug-likeness (QED) is 0.786. The van der Waals surface area contributed by atoms with Crippen molar-refractivity contribution in [3.05, 3.63) is 53.9 Å². The van der Waals surface area contributed by atoms with Crippen LogP contribution in [0.5, 0.6) is 11.6 Å². The fourth-order valence-corrected chi connectivity index (χ4v) is 2.01. The summed E-state index contributed by atoms with van der Waals surface area (Å²) in [4.78, 5) is 15.3. The molecule has 3 aromatic rings. The van der Waals surface area contributed by atoms with Gasteiger partial charge in [-0.15, -0.1) is 0 Å². The zero-order valence-corrected chi connectivity index (χ0v) is 10.7. The maximum Gasteiger partial charge on any atom is 0.336 e. The van der Waals surface area contributed by atoms with Crippen LogP contribution in [0.3, 0.4) is 0 Å². The van der Waals surface area contributed by atoms with Gasteiger partial charge >= 0.3 is 5.97 Å². The van der Waals surface area contributed by atoms with Gasteiger partial charge in [0.05, 0.1) is 17.2 Å². The van der Waals surface area contributed by atoms with Crippen molar-refractivity contribution >= 4 is 16.9 Å². The minimum absolute atomic E-state index is 0.210. The van der Waals surface area contributed by atoms with Crippen LogP contribution in [-0.4, -0.2) is 16.1 Å². The van der Waals surface area contributed by atoms with Crippen molar-refractivity contribution in [3.63, 3.8) is 0 Å². The standard InChI is InChI=1S/C15H11NO4/c1-9-10(15(17)18)3-2-4-12(9)20-14-11-6-8-19-13(11)5-7-16-14/h2-8H,1H3,(H,17,18). The average molecular weight is 269 g/mol. The van der Waals surface area contributed by atoms with Gasteiger partial charge in [0.1, 0.15) is 11.3 Å². The van der Waals surface area contributed by atoms with E-state index in [1.54, 1.807) is 43.6 Å². The van der Waals surface area contributed by atoms with Crippen molar-refractivity contribution in [2.45, 2.75) is 6.92 Å². The van der Waals surface area contributed by atoms with Gasteiger partial charge in [-0.3, -0.25) is 0 Å². The number of benzene rings is 1. The van der Waals surface area contributed by atoms with E-state index in [4.69, 9.17) is 14.3 Å². The minimum Gasteiger partial charge on any atom is -0.478 e. The van der Waals surface area contributed by atoms with Gasteiger partial charge in [-0.2, -0.15) is 0 Å². The highest BCUT2D eigenvalue weighted by molar-refractivity contribution is 5.90. The highest BCUT2D eigenvalue weighted by Gasteiger charge is 2.13. The number of aromatic carboxylic acids is 1. The molecule has 3 rings (SSSR count). The summed E-state index contributed by atoms with van der Waals surface area (Å²) in [7, 11) is 0. The number of aromatic nitrogens is 1. The molecule has 100 valence electrons. The van der Waals surface area contributed by atoms with Crippen molar-refractivity contribution in [2.24, 2.45) is 0 Å². The van der Waals surface area contributed by atoms with Crippen molar-refractivity contribution in [3.8, 4) is 11.6 Å². The number of rotatable bonds is 3. The van der Waals surface area contributed by atoms with Crippen molar-refractivity contribution < 1.29 is 19.1 Å². The van der Waals surface area contributed by atoms with Gasteiger partial charge in [-0.1, -0.05) is 6.07 Å². The zero-order valence-electron chi connectivity index (χ0n) is 10.7. The van der Waals surface area contributed by atoms with E-state index in [1.807, 2.05) is 0 Å². The predicted octanol–water partition coefficient (Wildman–Crippen LogP) is 3.63. The molecule has 0 aliphatic rings. The number of hydrogen-bond donors (Lipinski definition) is 1. The number of pyridine rings is 1. The van der Waals surface area contributed by atoms with Crippen LogP contribution in [0.15, 0.2) is 47.2 Å². The summed E-state index contributed by atoms with van der Waals surface area (Å²) in [5.74, 6) is -0.129. The first-order valence-corrected chi connectivity index (χ1v) is 6.00. The molecule has 0 aliphatic carbocycles. The topological polar surface area (TPSA) is 72.6 Å². The largest absolute Gasteiger partial charge is 0.478 e. The lowest BCUT2D eigenvalue weighted by Crippen LogP contribution is -2.01. The molecule has 5 nitrogen and oxygen atoms in total. The van der Waals surface area contributed by atoms with E-state index in [2.05, 4.69) is 4.98 Å². The number of nitrogens with zero attached hydrogens (tertiary/aromatic N) is 1. The summed E-state index contributed by atoms with van der Waals surface area (Å²) in [5.41, 5.74) is 1.44. The van der Waals surface area contributed by atoms with Crippen LogP contribution >= 0.6 is 0 Å². The summed E-state index contributed by atoms with van der Waals surface area (Å²) in [5, 5.41) is 9.85. The van der Waals surface area contributed by atoms with Crippen LogP contribution in [0.25, 0.3) is 11.0 Å².